The average molecular weight is 283 g/mol. The van der Waals surface area contributed by atoms with Crippen molar-refractivity contribution < 1.29 is 4.79 Å². The first-order valence-electron chi connectivity index (χ1n) is 6.24. The van der Waals surface area contributed by atoms with Gasteiger partial charge in [-0.2, -0.15) is 5.10 Å². The summed E-state index contributed by atoms with van der Waals surface area (Å²) in [6.45, 7) is 2.71. The molecule has 3 aromatic rings. The van der Waals surface area contributed by atoms with E-state index in [1.807, 2.05) is 11.4 Å². The second-order valence-electron chi connectivity index (χ2n) is 4.57. The third-order valence-electron chi connectivity index (χ3n) is 2.98. The van der Waals surface area contributed by atoms with Crippen molar-refractivity contribution in [1.29, 1.82) is 0 Å². The van der Waals surface area contributed by atoms with Gasteiger partial charge >= 0.3 is 0 Å². The molecule has 4 nitrogen and oxygen atoms in total. The molecular formula is C15H13N3OS. The second kappa shape index (κ2) is 5.38. The van der Waals surface area contributed by atoms with Crippen LogP contribution in [0.2, 0.25) is 0 Å². The highest BCUT2D eigenvalue weighted by atomic mass is 32.1. The van der Waals surface area contributed by atoms with Crippen LogP contribution in [-0.2, 0) is 6.54 Å². The molecule has 0 aliphatic rings. The van der Waals surface area contributed by atoms with Gasteiger partial charge < -0.3 is 0 Å². The van der Waals surface area contributed by atoms with Crippen LogP contribution in [-0.4, -0.2) is 21.1 Å². The van der Waals surface area contributed by atoms with E-state index in [2.05, 4.69) is 35.2 Å². The minimum atomic E-state index is 0.576. The molecule has 0 atom stereocenters. The van der Waals surface area contributed by atoms with E-state index in [9.17, 15) is 4.79 Å². The Morgan fingerprint density at radius 2 is 2.30 bits per heavy atom. The van der Waals surface area contributed by atoms with Crippen LogP contribution >= 0.6 is 11.3 Å². The van der Waals surface area contributed by atoms with Crippen LogP contribution in [0, 0.1) is 6.92 Å². The van der Waals surface area contributed by atoms with Crippen LogP contribution in [0.4, 0.5) is 0 Å². The van der Waals surface area contributed by atoms with Gasteiger partial charge in [0.15, 0.2) is 6.29 Å². The third kappa shape index (κ3) is 2.53. The zero-order valence-corrected chi connectivity index (χ0v) is 11.8. The Morgan fingerprint density at radius 3 is 3.00 bits per heavy atom. The van der Waals surface area contributed by atoms with Gasteiger partial charge in [-0.15, -0.1) is 11.3 Å². The van der Waals surface area contributed by atoms with Gasteiger partial charge in [0, 0.05) is 17.8 Å². The Hall–Kier alpha value is -2.27. The number of aryl methyl sites for hydroxylation is 1. The zero-order valence-electron chi connectivity index (χ0n) is 11.0. The van der Waals surface area contributed by atoms with Crippen molar-refractivity contribution in [2.75, 3.05) is 0 Å². The summed E-state index contributed by atoms with van der Waals surface area (Å²) in [5.74, 6) is 0. The SMILES string of the molecule is Cc1cccc(Cn2cc(C=O)c(-c3nccs3)n2)c1. The number of thiazole rings is 1. The van der Waals surface area contributed by atoms with E-state index in [0.717, 1.165) is 16.9 Å². The molecule has 0 aliphatic carbocycles. The third-order valence-corrected chi connectivity index (χ3v) is 3.76. The summed E-state index contributed by atoms with van der Waals surface area (Å²) in [5, 5.41) is 7.13. The van der Waals surface area contributed by atoms with E-state index in [4.69, 9.17) is 0 Å². The van der Waals surface area contributed by atoms with E-state index in [-0.39, 0.29) is 0 Å². The molecule has 0 amide bonds. The molecule has 0 unspecified atom stereocenters. The smallest absolute Gasteiger partial charge is 0.153 e. The van der Waals surface area contributed by atoms with Gasteiger partial charge in [-0.3, -0.25) is 9.48 Å². The normalized spacial score (nSPS) is 10.7. The first-order chi connectivity index (χ1) is 9.76. The van der Waals surface area contributed by atoms with Crippen LogP contribution in [0.15, 0.2) is 42.0 Å². The molecule has 100 valence electrons. The Labute approximate surface area is 120 Å². The van der Waals surface area contributed by atoms with Crippen molar-refractivity contribution in [3.8, 4) is 10.7 Å². The fourth-order valence-electron chi connectivity index (χ4n) is 2.11. The summed E-state index contributed by atoms with van der Waals surface area (Å²) in [7, 11) is 0. The molecule has 0 bridgehead atoms. The number of carbonyl (C=O) groups excluding carboxylic acids is 1. The maximum absolute atomic E-state index is 11.2. The first kappa shape index (κ1) is 12.7. The summed E-state index contributed by atoms with van der Waals surface area (Å²) in [6, 6.07) is 8.25. The van der Waals surface area contributed by atoms with Crippen molar-refractivity contribution in [3.05, 3.63) is 58.7 Å². The second-order valence-corrected chi connectivity index (χ2v) is 5.47. The Bertz CT molecular complexity index is 731. The lowest BCUT2D eigenvalue weighted by atomic mass is 10.1. The topological polar surface area (TPSA) is 47.8 Å². The standard InChI is InChI=1S/C15H13N3OS/c1-11-3-2-4-12(7-11)8-18-9-13(10-19)14(17-18)15-16-5-6-20-15/h2-7,9-10H,8H2,1H3. The fraction of sp³-hybridized carbons (Fsp3) is 0.133. The molecule has 20 heavy (non-hydrogen) atoms. The van der Waals surface area contributed by atoms with Crippen LogP contribution < -0.4 is 0 Å². The average Bonchev–Trinajstić information content (AvgIpc) is 3.06. The van der Waals surface area contributed by atoms with Gasteiger partial charge in [0.1, 0.15) is 10.7 Å². The van der Waals surface area contributed by atoms with Crippen molar-refractivity contribution in [2.24, 2.45) is 0 Å². The number of nitrogens with zero attached hydrogens (tertiary/aromatic N) is 3. The molecule has 2 heterocycles. The summed E-state index contributed by atoms with van der Waals surface area (Å²) in [5.41, 5.74) is 3.61. The predicted octanol–water partition coefficient (Wildman–Crippen LogP) is 3.18. The van der Waals surface area contributed by atoms with E-state index in [1.165, 1.54) is 16.9 Å². The Kier molecular flexibility index (Phi) is 3.43. The van der Waals surface area contributed by atoms with Crippen molar-refractivity contribution in [1.82, 2.24) is 14.8 Å². The highest BCUT2D eigenvalue weighted by molar-refractivity contribution is 7.13. The van der Waals surface area contributed by atoms with Crippen molar-refractivity contribution in [2.45, 2.75) is 13.5 Å². The van der Waals surface area contributed by atoms with Gasteiger partial charge in [-0.25, -0.2) is 4.98 Å². The Balaban J connectivity index is 1.93. The molecule has 0 saturated heterocycles. The maximum atomic E-state index is 11.2. The number of carbonyl (C=O) groups is 1. The molecular weight excluding hydrogens is 270 g/mol. The van der Waals surface area contributed by atoms with Gasteiger partial charge in [-0.05, 0) is 12.5 Å². The van der Waals surface area contributed by atoms with Gasteiger partial charge in [-0.1, -0.05) is 29.8 Å². The minimum Gasteiger partial charge on any atom is -0.298 e. The van der Waals surface area contributed by atoms with Gasteiger partial charge in [0.2, 0.25) is 0 Å². The summed E-state index contributed by atoms with van der Waals surface area (Å²) in [6.07, 6.45) is 4.32. The largest absolute Gasteiger partial charge is 0.298 e. The van der Waals surface area contributed by atoms with Crippen LogP contribution in [0.1, 0.15) is 21.5 Å². The minimum absolute atomic E-state index is 0.576. The Morgan fingerprint density at radius 1 is 1.40 bits per heavy atom. The first-order valence-corrected chi connectivity index (χ1v) is 7.12. The van der Waals surface area contributed by atoms with Crippen LogP contribution in [0.5, 0.6) is 0 Å². The molecule has 0 saturated carbocycles. The lowest BCUT2D eigenvalue weighted by Gasteiger charge is -2.02. The maximum Gasteiger partial charge on any atom is 0.153 e. The molecule has 0 radical (unpaired) electrons. The number of aromatic nitrogens is 3. The molecule has 3 rings (SSSR count). The van der Waals surface area contributed by atoms with E-state index in [0.29, 0.717) is 17.8 Å². The number of rotatable bonds is 4. The summed E-state index contributed by atoms with van der Waals surface area (Å²) >= 11 is 1.48. The van der Waals surface area contributed by atoms with Crippen LogP contribution in [0.3, 0.4) is 0 Å². The lowest BCUT2D eigenvalue weighted by Crippen LogP contribution is -2.00. The zero-order chi connectivity index (χ0) is 13.9. The van der Waals surface area contributed by atoms with Crippen molar-refractivity contribution in [3.63, 3.8) is 0 Å². The van der Waals surface area contributed by atoms with Gasteiger partial charge in [0.05, 0.1) is 12.1 Å². The van der Waals surface area contributed by atoms with E-state index in [1.54, 1.807) is 17.1 Å². The molecule has 5 heteroatoms. The van der Waals surface area contributed by atoms with Crippen molar-refractivity contribution >= 4 is 17.6 Å². The predicted molar refractivity (Wildman–Crippen MR) is 79.0 cm³/mol. The lowest BCUT2D eigenvalue weighted by molar-refractivity contribution is 0.112. The molecule has 1 aromatic carbocycles. The molecule has 0 N–H and O–H groups in total. The number of hydrogen-bond acceptors (Lipinski definition) is 4. The highest BCUT2D eigenvalue weighted by Gasteiger charge is 2.12. The molecule has 0 spiro atoms. The van der Waals surface area contributed by atoms with Crippen LogP contribution in [0.25, 0.3) is 10.7 Å². The molecule has 0 fully saturated rings. The number of aldehydes is 1. The summed E-state index contributed by atoms with van der Waals surface area (Å²) < 4.78 is 1.79. The quantitative estimate of drug-likeness (QED) is 0.691. The monoisotopic (exact) mass is 283 g/mol. The van der Waals surface area contributed by atoms with Gasteiger partial charge in [0.25, 0.3) is 0 Å². The number of hydrogen-bond donors (Lipinski definition) is 0. The molecule has 2 aromatic heterocycles. The fourth-order valence-corrected chi connectivity index (χ4v) is 2.75. The molecule has 0 aliphatic heterocycles. The summed E-state index contributed by atoms with van der Waals surface area (Å²) in [4.78, 5) is 15.4. The highest BCUT2D eigenvalue weighted by Crippen LogP contribution is 2.23. The van der Waals surface area contributed by atoms with E-state index >= 15 is 0 Å². The number of benzene rings is 1. The van der Waals surface area contributed by atoms with E-state index < -0.39 is 0 Å².